The van der Waals surface area contributed by atoms with Gasteiger partial charge in [-0.05, 0) is 42.7 Å². The van der Waals surface area contributed by atoms with Crippen LogP contribution in [0.4, 0.5) is 21.0 Å². The Morgan fingerprint density at radius 1 is 1.30 bits per heavy atom. The maximum Gasteiger partial charge on any atom is 0.265 e. The fraction of sp³-hybridized carbons (Fsp3) is 0.250. The molecule has 0 bridgehead atoms. The Balaban J connectivity index is 1.49. The Kier molecular flexibility index (Phi) is 6.79. The number of hydrogen-bond donors (Lipinski definition) is 3. The third kappa shape index (κ3) is 4.93. The minimum absolute atomic E-state index is 0.0305. The van der Waals surface area contributed by atoms with E-state index in [1.807, 2.05) is 0 Å². The van der Waals surface area contributed by atoms with E-state index in [-0.39, 0.29) is 33.9 Å². The van der Waals surface area contributed by atoms with Crippen molar-refractivity contribution in [2.24, 2.45) is 0 Å². The summed E-state index contributed by atoms with van der Waals surface area (Å²) in [5.74, 6) is -0.821. The molecule has 0 spiro atoms. The summed E-state index contributed by atoms with van der Waals surface area (Å²) >= 11 is 7.21. The molecule has 0 saturated carbocycles. The molecule has 1 aromatic carbocycles. The molecule has 1 atom stereocenters. The van der Waals surface area contributed by atoms with E-state index in [1.54, 1.807) is 16.3 Å². The van der Waals surface area contributed by atoms with Crippen LogP contribution in [-0.2, 0) is 21.2 Å². The van der Waals surface area contributed by atoms with Gasteiger partial charge in [0.15, 0.2) is 5.13 Å². The zero-order valence-corrected chi connectivity index (χ0v) is 19.4. The molecule has 1 aliphatic heterocycles. The van der Waals surface area contributed by atoms with Crippen molar-refractivity contribution in [2.75, 3.05) is 28.1 Å². The lowest BCUT2D eigenvalue weighted by Crippen LogP contribution is -2.44. The van der Waals surface area contributed by atoms with E-state index in [9.17, 15) is 22.7 Å². The van der Waals surface area contributed by atoms with Gasteiger partial charge in [-0.25, -0.2) is 22.8 Å². The van der Waals surface area contributed by atoms with Crippen LogP contribution < -0.4 is 14.9 Å². The van der Waals surface area contributed by atoms with Crippen LogP contribution in [0, 0.1) is 5.82 Å². The SMILES string of the molecule is O=C(Nc1ccc(S(=O)(=O)Nc2nccs2)cn1)[C@H](CCO)N1CCc2c1ccc(F)c2Cl. The molecule has 0 unspecified atom stereocenters. The van der Waals surface area contributed by atoms with Crippen molar-refractivity contribution < 1.29 is 22.7 Å². The van der Waals surface area contributed by atoms with Crippen LogP contribution in [0.25, 0.3) is 0 Å². The van der Waals surface area contributed by atoms with E-state index in [2.05, 4.69) is 20.0 Å². The van der Waals surface area contributed by atoms with Gasteiger partial charge in [-0.15, -0.1) is 11.3 Å². The fourth-order valence-electron chi connectivity index (χ4n) is 3.59. The van der Waals surface area contributed by atoms with E-state index in [4.69, 9.17) is 11.6 Å². The molecule has 3 aromatic rings. The number of pyridine rings is 1. The first-order chi connectivity index (χ1) is 15.8. The van der Waals surface area contributed by atoms with Gasteiger partial charge >= 0.3 is 0 Å². The number of halogens is 2. The highest BCUT2D eigenvalue weighted by atomic mass is 35.5. The van der Waals surface area contributed by atoms with E-state index in [0.717, 1.165) is 17.5 Å². The normalized spacial score (nSPS) is 14.1. The minimum atomic E-state index is -3.87. The number of rotatable bonds is 8. The van der Waals surface area contributed by atoms with Gasteiger partial charge in [-0.3, -0.25) is 9.52 Å². The van der Waals surface area contributed by atoms with E-state index in [1.165, 1.54) is 24.4 Å². The monoisotopic (exact) mass is 511 g/mol. The molecule has 174 valence electrons. The highest BCUT2D eigenvalue weighted by Gasteiger charge is 2.32. The molecule has 0 radical (unpaired) electrons. The number of carbonyl (C=O) groups excluding carboxylic acids is 1. The maximum absolute atomic E-state index is 13.8. The summed E-state index contributed by atoms with van der Waals surface area (Å²) in [5.41, 5.74) is 1.26. The van der Waals surface area contributed by atoms with Gasteiger partial charge in [0.1, 0.15) is 22.6 Å². The number of nitrogens with one attached hydrogen (secondary N) is 2. The smallest absolute Gasteiger partial charge is 0.265 e. The Hall–Kier alpha value is -2.80. The number of aliphatic hydroxyl groups excluding tert-OH is 1. The molecule has 1 aliphatic rings. The molecular formula is C20H19ClFN5O4S2. The van der Waals surface area contributed by atoms with Crippen LogP contribution in [0.15, 0.2) is 46.9 Å². The number of sulfonamides is 1. The van der Waals surface area contributed by atoms with Gasteiger partial charge < -0.3 is 15.3 Å². The van der Waals surface area contributed by atoms with Crippen molar-refractivity contribution in [1.29, 1.82) is 0 Å². The van der Waals surface area contributed by atoms with Gasteiger partial charge in [0.05, 0.1) is 5.02 Å². The van der Waals surface area contributed by atoms with Crippen LogP contribution >= 0.6 is 22.9 Å². The third-order valence-corrected chi connectivity index (χ3v) is 7.67. The first-order valence-corrected chi connectivity index (χ1v) is 12.6. The lowest BCUT2D eigenvalue weighted by Gasteiger charge is -2.29. The average molecular weight is 512 g/mol. The molecule has 2 aromatic heterocycles. The first-order valence-electron chi connectivity index (χ1n) is 9.84. The van der Waals surface area contributed by atoms with Crippen LogP contribution in [-0.4, -0.2) is 48.6 Å². The van der Waals surface area contributed by atoms with Gasteiger partial charge in [-0.2, -0.15) is 0 Å². The molecule has 3 N–H and O–H groups in total. The Bertz CT molecular complexity index is 1260. The summed E-state index contributed by atoms with van der Waals surface area (Å²) in [7, 11) is -3.87. The number of anilines is 3. The molecule has 9 nitrogen and oxygen atoms in total. The first kappa shape index (κ1) is 23.4. The van der Waals surface area contributed by atoms with Gasteiger partial charge in [0, 0.05) is 36.6 Å². The third-order valence-electron chi connectivity index (χ3n) is 5.12. The molecule has 3 heterocycles. The van der Waals surface area contributed by atoms with Crippen LogP contribution in [0.2, 0.25) is 5.02 Å². The second kappa shape index (κ2) is 9.59. The molecule has 1 amide bonds. The number of benzene rings is 1. The van der Waals surface area contributed by atoms with Gasteiger partial charge in [0.2, 0.25) is 5.91 Å². The molecule has 4 rings (SSSR count). The number of amides is 1. The Morgan fingerprint density at radius 3 is 2.79 bits per heavy atom. The fourth-order valence-corrected chi connectivity index (χ4v) is 5.57. The molecular weight excluding hydrogens is 493 g/mol. The molecule has 13 heteroatoms. The summed E-state index contributed by atoms with van der Waals surface area (Å²) in [6.45, 7) is 0.190. The second-order valence-electron chi connectivity index (χ2n) is 7.14. The standard InChI is InChI=1S/C20H19ClFN5O4S2/c21-18-13-5-8-27(15(13)3-2-14(18)22)16(6-9-28)19(29)25-17-4-1-12(11-24-17)33(30,31)26-20-23-7-10-32-20/h1-4,7,10-11,16,28H,5-6,8-9H2,(H,23,26)(H,24,25,29)/t16-/m0/s1. The van der Waals surface area contributed by atoms with E-state index >= 15 is 0 Å². The topological polar surface area (TPSA) is 125 Å². The van der Waals surface area contributed by atoms with Gasteiger partial charge in [0.25, 0.3) is 10.0 Å². The number of aromatic nitrogens is 2. The maximum atomic E-state index is 13.8. The summed E-state index contributed by atoms with van der Waals surface area (Å²) in [4.78, 5) is 22.6. The second-order valence-corrected chi connectivity index (χ2v) is 10.1. The highest BCUT2D eigenvalue weighted by Crippen LogP contribution is 2.37. The number of hydrogen-bond acceptors (Lipinski definition) is 8. The molecule has 0 fully saturated rings. The van der Waals surface area contributed by atoms with Crippen molar-refractivity contribution in [3.05, 3.63) is 58.4 Å². The minimum Gasteiger partial charge on any atom is -0.396 e. The number of thiazole rings is 1. The van der Waals surface area contributed by atoms with Crippen molar-refractivity contribution in [2.45, 2.75) is 23.8 Å². The largest absolute Gasteiger partial charge is 0.396 e. The average Bonchev–Trinajstić information content (AvgIpc) is 3.45. The Labute approximate surface area is 198 Å². The predicted molar refractivity (Wildman–Crippen MR) is 124 cm³/mol. The Morgan fingerprint density at radius 2 is 2.12 bits per heavy atom. The number of aliphatic hydroxyl groups is 1. The van der Waals surface area contributed by atoms with Crippen molar-refractivity contribution in [3.8, 4) is 0 Å². The molecule has 33 heavy (non-hydrogen) atoms. The summed E-state index contributed by atoms with van der Waals surface area (Å²) in [6.07, 6.45) is 3.20. The molecule has 0 saturated heterocycles. The predicted octanol–water partition coefficient (Wildman–Crippen LogP) is 2.88. The quantitative estimate of drug-likeness (QED) is 0.424. The number of nitrogens with zero attached hydrogens (tertiary/aromatic N) is 3. The summed E-state index contributed by atoms with van der Waals surface area (Å²) in [5, 5.41) is 14.1. The van der Waals surface area contributed by atoms with Crippen molar-refractivity contribution >= 4 is 55.5 Å². The van der Waals surface area contributed by atoms with Crippen LogP contribution in [0.5, 0.6) is 0 Å². The van der Waals surface area contributed by atoms with Crippen LogP contribution in [0.3, 0.4) is 0 Å². The summed E-state index contributed by atoms with van der Waals surface area (Å²) < 4.78 is 41.0. The molecule has 0 aliphatic carbocycles. The lowest BCUT2D eigenvalue weighted by atomic mass is 10.1. The highest BCUT2D eigenvalue weighted by molar-refractivity contribution is 7.93. The number of carbonyl (C=O) groups is 1. The zero-order valence-electron chi connectivity index (χ0n) is 17.0. The lowest BCUT2D eigenvalue weighted by molar-refractivity contribution is -0.117. The summed E-state index contributed by atoms with van der Waals surface area (Å²) in [6, 6.07) is 4.74. The zero-order chi connectivity index (χ0) is 23.6. The van der Waals surface area contributed by atoms with E-state index < -0.39 is 27.8 Å². The van der Waals surface area contributed by atoms with Crippen molar-refractivity contribution in [3.63, 3.8) is 0 Å². The van der Waals surface area contributed by atoms with E-state index in [0.29, 0.717) is 24.2 Å². The van der Waals surface area contributed by atoms with Crippen molar-refractivity contribution in [1.82, 2.24) is 9.97 Å². The van der Waals surface area contributed by atoms with Gasteiger partial charge in [-0.1, -0.05) is 11.6 Å². The number of fused-ring (bicyclic) bond motifs is 1. The van der Waals surface area contributed by atoms with Crippen LogP contribution in [0.1, 0.15) is 12.0 Å².